The van der Waals surface area contributed by atoms with Crippen LogP contribution in [0.5, 0.6) is 5.75 Å². The summed E-state index contributed by atoms with van der Waals surface area (Å²) in [4.78, 5) is 22.6. The molecule has 2 aromatic carbocycles. The van der Waals surface area contributed by atoms with Gasteiger partial charge in [0.15, 0.2) is 6.10 Å². The summed E-state index contributed by atoms with van der Waals surface area (Å²) in [6, 6.07) is 9.82. The SMILES string of the molecule is Cc1ccc(S(=O)(=O)N(C)C)cc1NC(=O)C(C)Oc1ccc([N+](=O)[O-])cc1. The highest BCUT2D eigenvalue weighted by Crippen LogP contribution is 2.23. The lowest BCUT2D eigenvalue weighted by molar-refractivity contribution is -0.384. The molecule has 0 spiro atoms. The van der Waals surface area contributed by atoms with Crippen molar-refractivity contribution in [2.24, 2.45) is 0 Å². The van der Waals surface area contributed by atoms with Gasteiger partial charge in [0, 0.05) is 31.9 Å². The van der Waals surface area contributed by atoms with Gasteiger partial charge in [0.2, 0.25) is 10.0 Å². The van der Waals surface area contributed by atoms with Crippen molar-refractivity contribution in [2.45, 2.75) is 24.8 Å². The van der Waals surface area contributed by atoms with E-state index in [9.17, 15) is 23.3 Å². The molecule has 0 aliphatic rings. The number of nitrogens with zero attached hydrogens (tertiary/aromatic N) is 2. The molecular formula is C18H21N3O6S. The van der Waals surface area contributed by atoms with Gasteiger partial charge in [-0.2, -0.15) is 0 Å². The van der Waals surface area contributed by atoms with E-state index in [1.54, 1.807) is 13.0 Å². The number of hydrogen-bond donors (Lipinski definition) is 1. The van der Waals surface area contributed by atoms with Gasteiger partial charge in [-0.3, -0.25) is 14.9 Å². The Hall–Kier alpha value is -2.98. The van der Waals surface area contributed by atoms with Crippen molar-refractivity contribution in [1.82, 2.24) is 4.31 Å². The van der Waals surface area contributed by atoms with Crippen LogP contribution < -0.4 is 10.1 Å². The maximum absolute atomic E-state index is 12.4. The number of hydrogen-bond acceptors (Lipinski definition) is 6. The van der Waals surface area contributed by atoms with Crippen LogP contribution in [0.15, 0.2) is 47.4 Å². The van der Waals surface area contributed by atoms with E-state index in [-0.39, 0.29) is 10.6 Å². The number of carbonyl (C=O) groups is 1. The summed E-state index contributed by atoms with van der Waals surface area (Å²) < 4.78 is 31.1. The number of carbonyl (C=O) groups excluding carboxylic acids is 1. The van der Waals surface area contributed by atoms with Gasteiger partial charge >= 0.3 is 0 Å². The fraction of sp³-hybridized carbons (Fsp3) is 0.278. The normalized spacial score (nSPS) is 12.5. The standard InChI is InChI=1S/C18H21N3O6S/c1-12-5-10-16(28(25,26)20(3)4)11-17(12)19-18(22)13(2)27-15-8-6-14(7-9-15)21(23)24/h5-11,13H,1-4H3,(H,19,22). The Morgan fingerprint density at radius 1 is 1.18 bits per heavy atom. The van der Waals surface area contributed by atoms with Gasteiger partial charge in [-0.25, -0.2) is 12.7 Å². The Morgan fingerprint density at radius 2 is 1.79 bits per heavy atom. The first-order chi connectivity index (χ1) is 13.0. The summed E-state index contributed by atoms with van der Waals surface area (Å²) in [7, 11) is -0.788. The second kappa shape index (κ2) is 8.36. The Morgan fingerprint density at radius 3 is 2.32 bits per heavy atom. The topological polar surface area (TPSA) is 119 Å². The summed E-state index contributed by atoms with van der Waals surface area (Å²) >= 11 is 0. The third-order valence-corrected chi connectivity index (χ3v) is 5.79. The molecule has 0 heterocycles. The first-order valence-corrected chi connectivity index (χ1v) is 9.71. The molecule has 0 aliphatic heterocycles. The molecule has 9 nitrogen and oxygen atoms in total. The Kier molecular flexibility index (Phi) is 6.37. The Balaban J connectivity index is 2.14. The van der Waals surface area contributed by atoms with Crippen LogP contribution in [-0.2, 0) is 14.8 Å². The second-order valence-corrected chi connectivity index (χ2v) is 8.42. The molecule has 1 N–H and O–H groups in total. The summed E-state index contributed by atoms with van der Waals surface area (Å²) in [5.74, 6) is -0.185. The zero-order valence-corrected chi connectivity index (χ0v) is 16.7. The van der Waals surface area contributed by atoms with Gasteiger partial charge in [-0.05, 0) is 43.7 Å². The highest BCUT2D eigenvalue weighted by atomic mass is 32.2. The highest BCUT2D eigenvalue weighted by molar-refractivity contribution is 7.89. The summed E-state index contributed by atoms with van der Waals surface area (Å²) in [6.07, 6.45) is -0.907. The number of aryl methyl sites for hydroxylation is 1. The molecule has 0 radical (unpaired) electrons. The van der Waals surface area contributed by atoms with Crippen molar-refractivity contribution >= 4 is 27.3 Å². The number of anilines is 1. The third-order valence-electron chi connectivity index (χ3n) is 3.98. The van der Waals surface area contributed by atoms with Crippen LogP contribution in [0.2, 0.25) is 0 Å². The fourth-order valence-corrected chi connectivity index (χ4v) is 3.17. The number of rotatable bonds is 7. The van der Waals surface area contributed by atoms with E-state index in [2.05, 4.69) is 5.32 Å². The van der Waals surface area contributed by atoms with E-state index in [1.807, 2.05) is 0 Å². The molecule has 28 heavy (non-hydrogen) atoms. The van der Waals surface area contributed by atoms with Crippen LogP contribution >= 0.6 is 0 Å². The maximum atomic E-state index is 12.4. The Bertz CT molecular complexity index is 987. The number of nitrogens with one attached hydrogen (secondary N) is 1. The number of amides is 1. The molecule has 0 saturated heterocycles. The number of sulfonamides is 1. The lowest BCUT2D eigenvalue weighted by atomic mass is 10.2. The first-order valence-electron chi connectivity index (χ1n) is 8.27. The summed E-state index contributed by atoms with van der Waals surface area (Å²) in [5.41, 5.74) is 0.958. The highest BCUT2D eigenvalue weighted by Gasteiger charge is 2.20. The number of benzene rings is 2. The van der Waals surface area contributed by atoms with Gasteiger partial charge in [-0.15, -0.1) is 0 Å². The van der Waals surface area contributed by atoms with Gasteiger partial charge in [0.25, 0.3) is 11.6 Å². The molecule has 0 aliphatic carbocycles. The predicted molar refractivity (Wildman–Crippen MR) is 104 cm³/mol. The van der Waals surface area contributed by atoms with E-state index in [0.29, 0.717) is 17.0 Å². The van der Waals surface area contributed by atoms with E-state index in [4.69, 9.17) is 4.74 Å². The van der Waals surface area contributed by atoms with Crippen LogP contribution in [0.1, 0.15) is 12.5 Å². The van der Waals surface area contributed by atoms with Crippen LogP contribution in [0.4, 0.5) is 11.4 Å². The molecule has 0 aromatic heterocycles. The van der Waals surface area contributed by atoms with E-state index >= 15 is 0 Å². The predicted octanol–water partition coefficient (Wildman–Crippen LogP) is 2.56. The molecule has 0 fully saturated rings. The molecule has 150 valence electrons. The minimum atomic E-state index is -3.64. The maximum Gasteiger partial charge on any atom is 0.269 e. The minimum Gasteiger partial charge on any atom is -0.481 e. The summed E-state index contributed by atoms with van der Waals surface area (Å²) in [6.45, 7) is 3.26. The van der Waals surface area contributed by atoms with Gasteiger partial charge < -0.3 is 10.1 Å². The second-order valence-electron chi connectivity index (χ2n) is 6.26. The van der Waals surface area contributed by atoms with Crippen LogP contribution in [0, 0.1) is 17.0 Å². The van der Waals surface area contributed by atoms with Gasteiger partial charge in [-0.1, -0.05) is 6.07 Å². The van der Waals surface area contributed by atoms with Crippen molar-refractivity contribution < 1.29 is 22.9 Å². The molecule has 2 aromatic rings. The lowest BCUT2D eigenvalue weighted by Gasteiger charge is -2.17. The van der Waals surface area contributed by atoms with E-state index in [1.165, 1.54) is 57.4 Å². The Labute approximate surface area is 163 Å². The third kappa shape index (κ3) is 4.84. The van der Waals surface area contributed by atoms with Gasteiger partial charge in [0.05, 0.1) is 9.82 Å². The van der Waals surface area contributed by atoms with E-state index < -0.39 is 27.0 Å². The average molecular weight is 407 g/mol. The molecule has 10 heteroatoms. The molecule has 1 amide bonds. The fourth-order valence-electron chi connectivity index (χ4n) is 2.25. The largest absolute Gasteiger partial charge is 0.481 e. The van der Waals surface area contributed by atoms with Crippen molar-refractivity contribution in [3.63, 3.8) is 0 Å². The molecule has 0 bridgehead atoms. The van der Waals surface area contributed by atoms with Crippen LogP contribution in [0.3, 0.4) is 0 Å². The van der Waals surface area contributed by atoms with Crippen molar-refractivity contribution in [3.05, 3.63) is 58.1 Å². The number of non-ortho nitro benzene ring substituents is 1. The van der Waals surface area contributed by atoms with Crippen molar-refractivity contribution in [2.75, 3.05) is 19.4 Å². The molecular weight excluding hydrogens is 386 g/mol. The zero-order chi connectivity index (χ0) is 21.1. The number of nitro groups is 1. The average Bonchev–Trinajstić information content (AvgIpc) is 2.63. The smallest absolute Gasteiger partial charge is 0.269 e. The van der Waals surface area contributed by atoms with Crippen molar-refractivity contribution in [1.29, 1.82) is 0 Å². The van der Waals surface area contributed by atoms with Gasteiger partial charge in [0.1, 0.15) is 5.75 Å². The monoisotopic (exact) mass is 407 g/mol. The molecule has 2 rings (SSSR count). The minimum absolute atomic E-state index is 0.0577. The summed E-state index contributed by atoms with van der Waals surface area (Å²) in [5, 5.41) is 13.3. The molecule has 1 unspecified atom stereocenters. The first kappa shape index (κ1) is 21.3. The molecule has 1 atom stereocenters. The number of nitro benzene ring substituents is 1. The van der Waals surface area contributed by atoms with E-state index in [0.717, 1.165) is 4.31 Å². The zero-order valence-electron chi connectivity index (χ0n) is 15.9. The molecule has 0 saturated carbocycles. The lowest BCUT2D eigenvalue weighted by Crippen LogP contribution is -2.30. The van der Waals surface area contributed by atoms with Crippen LogP contribution in [-0.4, -0.2) is 43.8 Å². The number of ether oxygens (including phenoxy) is 1. The van der Waals surface area contributed by atoms with Crippen LogP contribution in [0.25, 0.3) is 0 Å². The quantitative estimate of drug-likeness (QED) is 0.556. The van der Waals surface area contributed by atoms with Crippen molar-refractivity contribution in [3.8, 4) is 5.75 Å².